The number of carbonyl (C=O) groups excluding carboxylic acids is 1. The molecule has 7 nitrogen and oxygen atoms in total. The number of carbonyl (C=O) groups is 1. The van der Waals surface area contributed by atoms with Crippen LogP contribution in [0.4, 0.5) is 4.39 Å². The van der Waals surface area contributed by atoms with Gasteiger partial charge in [-0.2, -0.15) is 10.2 Å². The van der Waals surface area contributed by atoms with Gasteiger partial charge in [0.2, 0.25) is 0 Å². The summed E-state index contributed by atoms with van der Waals surface area (Å²) in [6, 6.07) is 12.9. The number of amides is 1. The first-order chi connectivity index (χ1) is 18.1. The van der Waals surface area contributed by atoms with Gasteiger partial charge >= 0.3 is 0 Å². The lowest BCUT2D eigenvalue weighted by Crippen LogP contribution is -2.39. The topological polar surface area (TPSA) is 76.6 Å². The highest BCUT2D eigenvalue weighted by molar-refractivity contribution is 5.94. The molecule has 0 radical (unpaired) electrons. The summed E-state index contributed by atoms with van der Waals surface area (Å²) in [5.41, 5.74) is 3.37. The standard InChI is InChI=1S/C29H33FN4O3/c1-3-36-26-15-19(16-27(37-4-2)28(26)20-5-7-22(30)8-6-20)18-34-14-12-23-24(9-10-25(23)34)33-29(35)21-11-13-31-32-17-21/h5-8,11,13,15-17,23-25H,3-4,9-10,12,14,18H2,1-2H3,(H,33,35)/t23-,24?,25+/m0/s1. The molecule has 37 heavy (non-hydrogen) atoms. The number of likely N-dealkylation sites (tertiary alicyclic amines) is 1. The van der Waals surface area contributed by atoms with Crippen LogP contribution in [-0.4, -0.2) is 52.8 Å². The van der Waals surface area contributed by atoms with Crippen molar-refractivity contribution < 1.29 is 18.7 Å². The second-order valence-electron chi connectivity index (χ2n) is 9.62. The number of nitrogens with zero attached hydrogens (tertiary/aromatic N) is 3. The Balaban J connectivity index is 1.34. The maximum Gasteiger partial charge on any atom is 0.253 e. The van der Waals surface area contributed by atoms with Crippen LogP contribution in [0.3, 0.4) is 0 Å². The Bertz CT molecular complexity index is 1190. The molecule has 1 unspecified atom stereocenters. The second kappa shape index (κ2) is 11.3. The van der Waals surface area contributed by atoms with E-state index in [0.717, 1.165) is 60.5 Å². The third-order valence-corrected chi connectivity index (χ3v) is 7.41. The van der Waals surface area contributed by atoms with Crippen LogP contribution in [-0.2, 0) is 6.54 Å². The van der Waals surface area contributed by atoms with Gasteiger partial charge in [0.05, 0.1) is 36.7 Å². The molecule has 2 aromatic carbocycles. The van der Waals surface area contributed by atoms with E-state index in [9.17, 15) is 9.18 Å². The van der Waals surface area contributed by atoms with E-state index in [2.05, 4.69) is 32.5 Å². The first-order valence-electron chi connectivity index (χ1n) is 13.1. The van der Waals surface area contributed by atoms with Crippen molar-refractivity contribution in [2.45, 2.75) is 51.7 Å². The SMILES string of the molecule is CCOc1cc(CN2CC[C@H]3C(NC(=O)c4ccnnc4)CC[C@H]32)cc(OCC)c1-c1ccc(F)cc1. The molecule has 194 valence electrons. The molecular weight excluding hydrogens is 471 g/mol. The molecule has 2 fully saturated rings. The molecular formula is C29H33FN4O3. The van der Waals surface area contributed by atoms with Crippen molar-refractivity contribution in [1.29, 1.82) is 0 Å². The molecule has 0 bridgehead atoms. The van der Waals surface area contributed by atoms with Gasteiger partial charge in [-0.3, -0.25) is 9.69 Å². The molecule has 1 amide bonds. The van der Waals surface area contributed by atoms with Crippen molar-refractivity contribution in [2.75, 3.05) is 19.8 Å². The summed E-state index contributed by atoms with van der Waals surface area (Å²) in [6.45, 7) is 6.72. The van der Waals surface area contributed by atoms with Gasteiger partial charge in [-0.15, -0.1) is 0 Å². The molecule has 1 aromatic heterocycles. The number of halogens is 1. The zero-order valence-corrected chi connectivity index (χ0v) is 21.3. The van der Waals surface area contributed by atoms with E-state index in [1.54, 1.807) is 18.2 Å². The highest BCUT2D eigenvalue weighted by atomic mass is 19.1. The van der Waals surface area contributed by atoms with E-state index in [0.29, 0.717) is 30.7 Å². The van der Waals surface area contributed by atoms with Gasteiger partial charge in [0.25, 0.3) is 5.91 Å². The first-order valence-corrected chi connectivity index (χ1v) is 13.1. The fraction of sp³-hybridized carbons (Fsp3) is 0.414. The summed E-state index contributed by atoms with van der Waals surface area (Å²) in [5, 5.41) is 10.8. The fourth-order valence-electron chi connectivity index (χ4n) is 5.84. The summed E-state index contributed by atoms with van der Waals surface area (Å²) in [5.74, 6) is 1.55. The van der Waals surface area contributed by atoms with Crippen LogP contribution in [0, 0.1) is 11.7 Å². The van der Waals surface area contributed by atoms with Crippen molar-refractivity contribution >= 4 is 5.91 Å². The van der Waals surface area contributed by atoms with Crippen LogP contribution < -0.4 is 14.8 Å². The number of nitrogens with one attached hydrogen (secondary N) is 1. The summed E-state index contributed by atoms with van der Waals surface area (Å²) < 4.78 is 25.7. The van der Waals surface area contributed by atoms with Crippen LogP contribution in [0.5, 0.6) is 11.5 Å². The second-order valence-corrected chi connectivity index (χ2v) is 9.62. The highest BCUT2D eigenvalue weighted by Gasteiger charge is 2.44. The molecule has 5 rings (SSSR count). The summed E-state index contributed by atoms with van der Waals surface area (Å²) in [7, 11) is 0. The zero-order chi connectivity index (χ0) is 25.8. The quantitative estimate of drug-likeness (QED) is 0.448. The zero-order valence-electron chi connectivity index (χ0n) is 21.3. The fourth-order valence-corrected chi connectivity index (χ4v) is 5.84. The Morgan fingerprint density at radius 2 is 1.76 bits per heavy atom. The van der Waals surface area contributed by atoms with E-state index in [-0.39, 0.29) is 17.8 Å². The molecule has 1 N–H and O–H groups in total. The molecule has 2 aliphatic rings. The lowest BCUT2D eigenvalue weighted by Gasteiger charge is -2.26. The van der Waals surface area contributed by atoms with Gasteiger partial charge in [0.1, 0.15) is 17.3 Å². The smallest absolute Gasteiger partial charge is 0.253 e. The van der Waals surface area contributed by atoms with Gasteiger partial charge in [-0.05, 0) is 87.0 Å². The molecule has 3 atom stereocenters. The lowest BCUT2D eigenvalue weighted by atomic mass is 9.99. The minimum absolute atomic E-state index is 0.0851. The number of aromatic nitrogens is 2. The number of ether oxygens (including phenoxy) is 2. The van der Waals surface area contributed by atoms with E-state index < -0.39 is 0 Å². The van der Waals surface area contributed by atoms with Crippen molar-refractivity contribution in [3.63, 3.8) is 0 Å². The molecule has 2 heterocycles. The normalized spacial score (nSPS) is 21.0. The van der Waals surface area contributed by atoms with E-state index in [4.69, 9.17) is 9.47 Å². The minimum atomic E-state index is -0.275. The van der Waals surface area contributed by atoms with Crippen LogP contribution in [0.15, 0.2) is 54.9 Å². The minimum Gasteiger partial charge on any atom is -0.493 e. The predicted molar refractivity (Wildman–Crippen MR) is 139 cm³/mol. The molecule has 8 heteroatoms. The Kier molecular flexibility index (Phi) is 7.65. The van der Waals surface area contributed by atoms with Crippen molar-refractivity contribution in [3.8, 4) is 22.6 Å². The van der Waals surface area contributed by atoms with Crippen molar-refractivity contribution in [3.05, 3.63) is 71.8 Å². The molecule has 1 aliphatic carbocycles. The molecule has 0 spiro atoms. The van der Waals surface area contributed by atoms with E-state index in [1.807, 2.05) is 13.8 Å². The maximum atomic E-state index is 13.6. The molecule has 1 saturated heterocycles. The van der Waals surface area contributed by atoms with Crippen LogP contribution >= 0.6 is 0 Å². The third kappa shape index (κ3) is 5.44. The third-order valence-electron chi connectivity index (χ3n) is 7.41. The van der Waals surface area contributed by atoms with Gasteiger partial charge < -0.3 is 14.8 Å². The predicted octanol–water partition coefficient (Wildman–Crippen LogP) is 4.86. The lowest BCUT2D eigenvalue weighted by molar-refractivity contribution is 0.0926. The largest absolute Gasteiger partial charge is 0.493 e. The van der Waals surface area contributed by atoms with Gasteiger partial charge in [0, 0.05) is 18.6 Å². The van der Waals surface area contributed by atoms with Gasteiger partial charge in [-0.1, -0.05) is 12.1 Å². The molecule has 3 aromatic rings. The summed E-state index contributed by atoms with van der Waals surface area (Å²) in [4.78, 5) is 15.2. The van der Waals surface area contributed by atoms with Crippen LogP contribution in [0.1, 0.15) is 49.0 Å². The average molecular weight is 505 g/mol. The number of hydrogen-bond acceptors (Lipinski definition) is 6. The molecule has 1 aliphatic heterocycles. The highest BCUT2D eigenvalue weighted by Crippen LogP contribution is 2.42. The number of fused-ring (bicyclic) bond motifs is 1. The van der Waals surface area contributed by atoms with Gasteiger partial charge in [0.15, 0.2) is 0 Å². The summed E-state index contributed by atoms with van der Waals surface area (Å²) >= 11 is 0. The monoisotopic (exact) mass is 504 g/mol. The Morgan fingerprint density at radius 3 is 2.41 bits per heavy atom. The first kappa shape index (κ1) is 25.1. The maximum absolute atomic E-state index is 13.6. The van der Waals surface area contributed by atoms with Crippen molar-refractivity contribution in [2.24, 2.45) is 5.92 Å². The van der Waals surface area contributed by atoms with Gasteiger partial charge in [-0.25, -0.2) is 4.39 Å². The van der Waals surface area contributed by atoms with E-state index in [1.165, 1.54) is 24.5 Å². The Hall–Kier alpha value is -3.52. The average Bonchev–Trinajstić information content (AvgIpc) is 3.49. The van der Waals surface area contributed by atoms with Crippen molar-refractivity contribution in [1.82, 2.24) is 20.4 Å². The Labute approximate surface area is 217 Å². The van der Waals surface area contributed by atoms with Crippen LogP contribution in [0.25, 0.3) is 11.1 Å². The number of benzene rings is 2. The van der Waals surface area contributed by atoms with E-state index >= 15 is 0 Å². The Morgan fingerprint density at radius 1 is 1.03 bits per heavy atom. The van der Waals surface area contributed by atoms with Crippen LogP contribution in [0.2, 0.25) is 0 Å². The summed E-state index contributed by atoms with van der Waals surface area (Å²) in [6.07, 6.45) is 6.11. The number of rotatable bonds is 9. The number of hydrogen-bond donors (Lipinski definition) is 1. The molecule has 1 saturated carbocycles.